The van der Waals surface area contributed by atoms with Gasteiger partial charge in [-0.3, -0.25) is 9.89 Å². The molecule has 3 aromatic rings. The molecule has 0 aliphatic carbocycles. The van der Waals surface area contributed by atoms with E-state index in [1.807, 2.05) is 61.5 Å². The van der Waals surface area contributed by atoms with E-state index in [2.05, 4.69) is 18.9 Å². The number of aromatic nitrogens is 2. The second-order valence-corrected chi connectivity index (χ2v) is 6.41. The van der Waals surface area contributed by atoms with Crippen LogP contribution in [0.2, 0.25) is 0 Å². The predicted molar refractivity (Wildman–Crippen MR) is 95.1 cm³/mol. The Morgan fingerprint density at radius 3 is 2.26 bits per heavy atom. The molecule has 0 amide bonds. The van der Waals surface area contributed by atoms with Gasteiger partial charge in [0.05, 0.1) is 11.4 Å². The van der Waals surface area contributed by atoms with Crippen LogP contribution in [-0.4, -0.2) is 9.78 Å². The molecule has 0 bridgehead atoms. The maximum Gasteiger partial charge on any atom is 0.275 e. The van der Waals surface area contributed by atoms with Crippen LogP contribution in [0.25, 0.3) is 16.9 Å². The minimum atomic E-state index is 0.0430. The van der Waals surface area contributed by atoms with Gasteiger partial charge in [-0.05, 0) is 37.0 Å². The third-order valence-corrected chi connectivity index (χ3v) is 3.95. The maximum absolute atomic E-state index is 12.9. The predicted octanol–water partition coefficient (Wildman–Crippen LogP) is 4.34. The summed E-state index contributed by atoms with van der Waals surface area (Å²) in [4.78, 5) is 12.9. The summed E-state index contributed by atoms with van der Waals surface area (Å²) in [6.07, 6.45) is 0.762. The van der Waals surface area contributed by atoms with Crippen molar-refractivity contribution < 1.29 is 0 Å². The van der Waals surface area contributed by atoms with Crippen LogP contribution >= 0.6 is 0 Å². The third-order valence-electron chi connectivity index (χ3n) is 3.95. The van der Waals surface area contributed by atoms with Gasteiger partial charge < -0.3 is 0 Å². The fourth-order valence-corrected chi connectivity index (χ4v) is 2.79. The zero-order valence-electron chi connectivity index (χ0n) is 13.8. The van der Waals surface area contributed by atoms with Gasteiger partial charge in [-0.15, -0.1) is 0 Å². The molecule has 23 heavy (non-hydrogen) atoms. The van der Waals surface area contributed by atoms with Crippen LogP contribution in [0.5, 0.6) is 0 Å². The highest BCUT2D eigenvalue weighted by molar-refractivity contribution is 5.63. The number of hydrogen-bond acceptors (Lipinski definition) is 1. The first-order valence-electron chi connectivity index (χ1n) is 8.02. The van der Waals surface area contributed by atoms with E-state index >= 15 is 0 Å². The van der Waals surface area contributed by atoms with E-state index in [0.717, 1.165) is 28.9 Å². The van der Waals surface area contributed by atoms with Crippen molar-refractivity contribution in [3.05, 3.63) is 76.1 Å². The molecule has 1 aromatic heterocycles. The Balaban J connectivity index is 2.17. The molecule has 3 rings (SSSR count). The van der Waals surface area contributed by atoms with Gasteiger partial charge in [0, 0.05) is 5.56 Å². The van der Waals surface area contributed by atoms with Gasteiger partial charge in [0.2, 0.25) is 0 Å². The van der Waals surface area contributed by atoms with Crippen molar-refractivity contribution in [3.63, 3.8) is 0 Å². The van der Waals surface area contributed by atoms with Gasteiger partial charge in [0.15, 0.2) is 0 Å². The molecule has 3 nitrogen and oxygen atoms in total. The van der Waals surface area contributed by atoms with E-state index in [4.69, 9.17) is 0 Å². The van der Waals surface area contributed by atoms with E-state index in [-0.39, 0.29) is 5.56 Å². The first-order chi connectivity index (χ1) is 11.1. The average Bonchev–Trinajstić information content (AvgIpc) is 2.86. The van der Waals surface area contributed by atoms with Crippen LogP contribution in [0.3, 0.4) is 0 Å². The van der Waals surface area contributed by atoms with Gasteiger partial charge >= 0.3 is 0 Å². The topological polar surface area (TPSA) is 37.8 Å². The monoisotopic (exact) mass is 306 g/mol. The minimum absolute atomic E-state index is 0.0430. The quantitative estimate of drug-likeness (QED) is 0.765. The Hall–Kier alpha value is -2.55. The van der Waals surface area contributed by atoms with Crippen LogP contribution in [-0.2, 0) is 6.42 Å². The summed E-state index contributed by atoms with van der Waals surface area (Å²) in [6.45, 7) is 6.32. The highest BCUT2D eigenvalue weighted by Crippen LogP contribution is 2.22. The zero-order chi connectivity index (χ0) is 16.4. The van der Waals surface area contributed by atoms with Gasteiger partial charge in [0.25, 0.3) is 5.56 Å². The number of H-pyrrole nitrogens is 1. The highest BCUT2D eigenvalue weighted by Gasteiger charge is 2.17. The molecule has 0 fully saturated rings. The second kappa shape index (κ2) is 6.29. The van der Waals surface area contributed by atoms with E-state index in [1.165, 1.54) is 5.56 Å². The maximum atomic E-state index is 12.9. The lowest BCUT2D eigenvalue weighted by Crippen LogP contribution is -2.18. The molecule has 118 valence electrons. The van der Waals surface area contributed by atoms with E-state index in [9.17, 15) is 4.79 Å². The number of hydrogen-bond donors (Lipinski definition) is 1. The fourth-order valence-electron chi connectivity index (χ4n) is 2.79. The van der Waals surface area contributed by atoms with Crippen LogP contribution in [0.4, 0.5) is 0 Å². The standard InChI is InChI=1S/C20H22N2O/c1-14(2)13-18-19(16-7-5-4-6-8-16)21-22(20(18)23)17-11-9-15(3)10-12-17/h4-12,14,21H,13H2,1-3H3. The Morgan fingerprint density at radius 1 is 1.00 bits per heavy atom. The summed E-state index contributed by atoms with van der Waals surface area (Å²) < 4.78 is 1.65. The molecule has 0 aliphatic rings. The SMILES string of the molecule is Cc1ccc(-n2[nH]c(-c3ccccc3)c(CC(C)C)c2=O)cc1. The summed E-state index contributed by atoms with van der Waals surface area (Å²) in [5, 5.41) is 3.31. The summed E-state index contributed by atoms with van der Waals surface area (Å²) >= 11 is 0. The van der Waals surface area contributed by atoms with Crippen LogP contribution in [0, 0.1) is 12.8 Å². The number of aryl methyl sites for hydroxylation is 1. The first kappa shape index (κ1) is 15.3. The molecule has 0 spiro atoms. The van der Waals surface area contributed by atoms with Crippen molar-refractivity contribution in [2.75, 3.05) is 0 Å². The molecule has 3 heteroatoms. The van der Waals surface area contributed by atoms with Gasteiger partial charge in [-0.1, -0.05) is 61.9 Å². The molecular weight excluding hydrogens is 284 g/mol. The third kappa shape index (κ3) is 3.14. The second-order valence-electron chi connectivity index (χ2n) is 6.41. The van der Waals surface area contributed by atoms with Crippen LogP contribution in [0.1, 0.15) is 25.0 Å². The minimum Gasteiger partial charge on any atom is -0.290 e. The van der Waals surface area contributed by atoms with Crippen molar-refractivity contribution in [2.24, 2.45) is 5.92 Å². The lowest BCUT2D eigenvalue weighted by atomic mass is 10.00. The van der Waals surface area contributed by atoms with Crippen molar-refractivity contribution in [2.45, 2.75) is 27.2 Å². The fraction of sp³-hybridized carbons (Fsp3) is 0.250. The summed E-state index contributed by atoms with van der Waals surface area (Å²) in [5.74, 6) is 0.424. The molecule has 1 heterocycles. The van der Waals surface area contributed by atoms with Crippen LogP contribution in [0.15, 0.2) is 59.4 Å². The van der Waals surface area contributed by atoms with Crippen molar-refractivity contribution in [1.29, 1.82) is 0 Å². The summed E-state index contributed by atoms with van der Waals surface area (Å²) in [5.41, 5.74) is 4.91. The Labute approximate surface area is 136 Å². The number of rotatable bonds is 4. The molecule has 1 N–H and O–H groups in total. The van der Waals surface area contributed by atoms with Gasteiger partial charge in [-0.2, -0.15) is 0 Å². The molecule has 0 saturated carbocycles. The number of benzene rings is 2. The number of nitrogens with one attached hydrogen (secondary N) is 1. The molecular formula is C20H22N2O. The lowest BCUT2D eigenvalue weighted by molar-refractivity contribution is 0.644. The summed E-state index contributed by atoms with van der Waals surface area (Å²) in [7, 11) is 0. The van der Waals surface area contributed by atoms with Crippen molar-refractivity contribution in [3.8, 4) is 16.9 Å². The van der Waals surface area contributed by atoms with Crippen molar-refractivity contribution in [1.82, 2.24) is 9.78 Å². The van der Waals surface area contributed by atoms with E-state index in [0.29, 0.717) is 5.92 Å². The van der Waals surface area contributed by atoms with Gasteiger partial charge in [-0.25, -0.2) is 4.68 Å². The summed E-state index contributed by atoms with van der Waals surface area (Å²) in [6, 6.07) is 18.0. The first-order valence-corrected chi connectivity index (χ1v) is 8.02. The molecule has 0 aliphatic heterocycles. The normalized spacial score (nSPS) is 11.1. The smallest absolute Gasteiger partial charge is 0.275 e. The molecule has 0 atom stereocenters. The van der Waals surface area contributed by atoms with E-state index in [1.54, 1.807) is 4.68 Å². The van der Waals surface area contributed by atoms with Crippen LogP contribution < -0.4 is 5.56 Å². The van der Waals surface area contributed by atoms with E-state index < -0.39 is 0 Å². The molecule has 0 unspecified atom stereocenters. The Kier molecular flexibility index (Phi) is 4.20. The average molecular weight is 306 g/mol. The molecule has 2 aromatic carbocycles. The number of aromatic amines is 1. The lowest BCUT2D eigenvalue weighted by Gasteiger charge is -2.04. The largest absolute Gasteiger partial charge is 0.290 e. The Bertz CT molecular complexity index is 840. The van der Waals surface area contributed by atoms with Crippen molar-refractivity contribution >= 4 is 0 Å². The van der Waals surface area contributed by atoms with Gasteiger partial charge in [0.1, 0.15) is 0 Å². The Morgan fingerprint density at radius 2 is 1.65 bits per heavy atom. The highest BCUT2D eigenvalue weighted by atomic mass is 16.1. The molecule has 0 radical (unpaired) electrons. The zero-order valence-corrected chi connectivity index (χ0v) is 13.8. The molecule has 0 saturated heterocycles. The number of nitrogens with zero attached hydrogens (tertiary/aromatic N) is 1.